The van der Waals surface area contributed by atoms with Crippen LogP contribution in [0.1, 0.15) is 72.1 Å². The van der Waals surface area contributed by atoms with E-state index in [1.54, 1.807) is 0 Å². The van der Waals surface area contributed by atoms with E-state index < -0.39 is 0 Å². The van der Waals surface area contributed by atoms with Crippen molar-refractivity contribution >= 4 is 0 Å². The van der Waals surface area contributed by atoms with Gasteiger partial charge in [-0.15, -0.1) is 0 Å². The van der Waals surface area contributed by atoms with E-state index >= 15 is 0 Å². The monoisotopic (exact) mass is 267 g/mol. The normalized spacial score (nSPS) is 35.2. The summed E-state index contributed by atoms with van der Waals surface area (Å²) in [7, 11) is 0. The highest BCUT2D eigenvalue weighted by atomic mass is 16.5. The third-order valence-electron chi connectivity index (χ3n) is 5.61. The van der Waals surface area contributed by atoms with Crippen LogP contribution in [-0.2, 0) is 4.74 Å². The van der Waals surface area contributed by atoms with Gasteiger partial charge < -0.3 is 10.1 Å². The molecule has 2 nitrogen and oxygen atoms in total. The van der Waals surface area contributed by atoms with Gasteiger partial charge in [-0.3, -0.25) is 0 Å². The minimum Gasteiger partial charge on any atom is -0.375 e. The molecule has 0 aromatic carbocycles. The third kappa shape index (κ3) is 4.19. The van der Waals surface area contributed by atoms with E-state index in [4.69, 9.17) is 4.74 Å². The summed E-state index contributed by atoms with van der Waals surface area (Å²) >= 11 is 0. The molecule has 2 fully saturated rings. The summed E-state index contributed by atoms with van der Waals surface area (Å²) in [6, 6.07) is 0.688. The maximum Gasteiger partial charge on any atom is 0.0692 e. The van der Waals surface area contributed by atoms with Crippen molar-refractivity contribution in [3.63, 3.8) is 0 Å². The number of nitrogens with one attached hydrogen (secondary N) is 1. The summed E-state index contributed by atoms with van der Waals surface area (Å²) in [6.07, 6.45) is 10.5. The highest BCUT2D eigenvalue weighted by Gasteiger charge is 2.34. The van der Waals surface area contributed by atoms with Crippen molar-refractivity contribution < 1.29 is 4.74 Å². The lowest BCUT2D eigenvalue weighted by Gasteiger charge is -2.41. The molecule has 1 saturated carbocycles. The van der Waals surface area contributed by atoms with E-state index in [-0.39, 0.29) is 5.60 Å². The summed E-state index contributed by atoms with van der Waals surface area (Å²) in [5.41, 5.74) is 0.164. The Balaban J connectivity index is 1.73. The molecule has 0 bridgehead atoms. The Morgan fingerprint density at radius 3 is 2.37 bits per heavy atom. The van der Waals surface area contributed by atoms with E-state index in [0.29, 0.717) is 6.04 Å². The van der Waals surface area contributed by atoms with Crippen LogP contribution in [0.5, 0.6) is 0 Å². The Bertz CT molecular complexity index is 254. The Kier molecular flexibility index (Phi) is 5.70. The molecular formula is C17H33NO. The molecule has 1 saturated heterocycles. The summed E-state index contributed by atoms with van der Waals surface area (Å²) in [5, 5.41) is 3.85. The first-order valence-corrected chi connectivity index (χ1v) is 8.54. The fourth-order valence-electron chi connectivity index (χ4n) is 3.81. The Labute approximate surface area is 119 Å². The predicted molar refractivity (Wildman–Crippen MR) is 81.4 cm³/mol. The molecule has 0 radical (unpaired) electrons. The Morgan fingerprint density at radius 1 is 1.05 bits per heavy atom. The molecule has 1 N–H and O–H groups in total. The van der Waals surface area contributed by atoms with Gasteiger partial charge in [0.15, 0.2) is 0 Å². The van der Waals surface area contributed by atoms with Gasteiger partial charge in [0, 0.05) is 12.6 Å². The number of hydrogen-bond donors (Lipinski definition) is 1. The van der Waals surface area contributed by atoms with Gasteiger partial charge in [0.2, 0.25) is 0 Å². The average Bonchev–Trinajstić information content (AvgIpc) is 2.47. The lowest BCUT2D eigenvalue weighted by Crippen LogP contribution is -2.47. The minimum absolute atomic E-state index is 0.164. The quantitative estimate of drug-likeness (QED) is 0.808. The minimum atomic E-state index is 0.164. The molecule has 1 heterocycles. The van der Waals surface area contributed by atoms with Crippen LogP contribution in [0.4, 0.5) is 0 Å². The summed E-state index contributed by atoms with van der Waals surface area (Å²) in [6.45, 7) is 9.13. The molecule has 112 valence electrons. The van der Waals surface area contributed by atoms with Crippen molar-refractivity contribution in [1.82, 2.24) is 5.32 Å². The van der Waals surface area contributed by atoms with Gasteiger partial charge in [0.25, 0.3) is 0 Å². The fourth-order valence-corrected chi connectivity index (χ4v) is 3.81. The molecule has 2 rings (SSSR count). The van der Waals surface area contributed by atoms with Crippen molar-refractivity contribution in [2.45, 2.75) is 83.8 Å². The Hall–Kier alpha value is -0.0800. The standard InChI is InChI=1S/C17H33NO/c1-4-17(5-2)12-16(10-11-19-17)18-13-15-8-6-14(3)7-9-15/h14-16,18H,4-13H2,1-3H3. The van der Waals surface area contributed by atoms with Crippen LogP contribution >= 0.6 is 0 Å². The molecule has 1 unspecified atom stereocenters. The van der Waals surface area contributed by atoms with E-state index in [9.17, 15) is 0 Å². The molecular weight excluding hydrogens is 234 g/mol. The molecule has 0 aromatic heterocycles. The molecule has 1 aliphatic heterocycles. The summed E-state index contributed by atoms with van der Waals surface area (Å²) in [5.74, 6) is 1.89. The van der Waals surface area contributed by atoms with Gasteiger partial charge in [-0.25, -0.2) is 0 Å². The molecule has 2 heteroatoms. The molecule has 0 spiro atoms. The SMILES string of the molecule is CCC1(CC)CC(NCC2CCC(C)CC2)CCO1. The smallest absolute Gasteiger partial charge is 0.0692 e. The second kappa shape index (κ2) is 7.08. The maximum absolute atomic E-state index is 6.06. The molecule has 19 heavy (non-hydrogen) atoms. The van der Waals surface area contributed by atoms with E-state index in [1.807, 2.05) is 0 Å². The van der Waals surface area contributed by atoms with Gasteiger partial charge in [-0.2, -0.15) is 0 Å². The number of hydrogen-bond acceptors (Lipinski definition) is 2. The van der Waals surface area contributed by atoms with E-state index in [1.165, 1.54) is 45.1 Å². The number of ether oxygens (including phenoxy) is 1. The second-order valence-electron chi connectivity index (χ2n) is 6.96. The average molecular weight is 267 g/mol. The van der Waals surface area contributed by atoms with Crippen molar-refractivity contribution in [1.29, 1.82) is 0 Å². The molecule has 1 atom stereocenters. The van der Waals surface area contributed by atoms with Gasteiger partial charge in [0.1, 0.15) is 0 Å². The van der Waals surface area contributed by atoms with Crippen LogP contribution < -0.4 is 5.32 Å². The first-order valence-electron chi connectivity index (χ1n) is 8.54. The number of rotatable bonds is 5. The highest BCUT2D eigenvalue weighted by Crippen LogP contribution is 2.32. The summed E-state index contributed by atoms with van der Waals surface area (Å²) in [4.78, 5) is 0. The van der Waals surface area contributed by atoms with Crippen LogP contribution in [0, 0.1) is 11.8 Å². The maximum atomic E-state index is 6.06. The van der Waals surface area contributed by atoms with E-state index in [0.717, 1.165) is 31.3 Å². The topological polar surface area (TPSA) is 21.3 Å². The lowest BCUT2D eigenvalue weighted by molar-refractivity contribution is -0.0933. The van der Waals surface area contributed by atoms with Gasteiger partial charge in [-0.05, 0) is 56.9 Å². The molecule has 2 aliphatic rings. The van der Waals surface area contributed by atoms with Crippen LogP contribution in [0.2, 0.25) is 0 Å². The summed E-state index contributed by atoms with van der Waals surface area (Å²) < 4.78 is 6.06. The second-order valence-corrected chi connectivity index (χ2v) is 6.96. The molecule has 0 aromatic rings. The largest absolute Gasteiger partial charge is 0.375 e. The Morgan fingerprint density at radius 2 is 1.74 bits per heavy atom. The molecule has 1 aliphatic carbocycles. The zero-order chi connectivity index (χ0) is 13.7. The van der Waals surface area contributed by atoms with Gasteiger partial charge in [0.05, 0.1) is 5.60 Å². The fraction of sp³-hybridized carbons (Fsp3) is 1.00. The zero-order valence-electron chi connectivity index (χ0n) is 13.2. The van der Waals surface area contributed by atoms with Crippen LogP contribution in [0.25, 0.3) is 0 Å². The zero-order valence-corrected chi connectivity index (χ0v) is 13.2. The van der Waals surface area contributed by atoms with Crippen molar-refractivity contribution in [2.24, 2.45) is 11.8 Å². The van der Waals surface area contributed by atoms with Crippen LogP contribution in [0.15, 0.2) is 0 Å². The van der Waals surface area contributed by atoms with Crippen molar-refractivity contribution in [3.05, 3.63) is 0 Å². The van der Waals surface area contributed by atoms with E-state index in [2.05, 4.69) is 26.1 Å². The highest BCUT2D eigenvalue weighted by molar-refractivity contribution is 4.88. The van der Waals surface area contributed by atoms with Gasteiger partial charge >= 0.3 is 0 Å². The predicted octanol–water partition coefficient (Wildman–Crippen LogP) is 4.14. The molecule has 0 amide bonds. The van der Waals surface area contributed by atoms with Crippen molar-refractivity contribution in [2.75, 3.05) is 13.2 Å². The third-order valence-corrected chi connectivity index (χ3v) is 5.61. The van der Waals surface area contributed by atoms with Gasteiger partial charge in [-0.1, -0.05) is 33.6 Å². The van der Waals surface area contributed by atoms with Crippen LogP contribution in [-0.4, -0.2) is 24.8 Å². The van der Waals surface area contributed by atoms with Crippen LogP contribution in [0.3, 0.4) is 0 Å². The lowest BCUT2D eigenvalue weighted by atomic mass is 9.82. The first kappa shape index (κ1) is 15.3. The first-order chi connectivity index (χ1) is 9.17. The van der Waals surface area contributed by atoms with Crippen molar-refractivity contribution in [3.8, 4) is 0 Å².